The zero-order chi connectivity index (χ0) is 18.3. The fourth-order valence-electron chi connectivity index (χ4n) is 3.69. The molecule has 26 heavy (non-hydrogen) atoms. The van der Waals surface area contributed by atoms with Gasteiger partial charge in [0.05, 0.1) is 18.1 Å². The third kappa shape index (κ3) is 2.97. The number of sulfonamides is 1. The lowest BCUT2D eigenvalue weighted by Crippen LogP contribution is -2.29. The van der Waals surface area contributed by atoms with E-state index in [9.17, 15) is 8.42 Å². The first-order chi connectivity index (χ1) is 12.5. The fraction of sp³-hybridized carbons (Fsp3) is 0.400. The van der Waals surface area contributed by atoms with Gasteiger partial charge in [-0.05, 0) is 37.1 Å². The number of aryl methyl sites for hydroxylation is 1. The predicted octanol–water partition coefficient (Wildman–Crippen LogP) is 2.73. The molecule has 4 rings (SSSR count). The van der Waals surface area contributed by atoms with Crippen molar-refractivity contribution in [3.8, 4) is 11.5 Å². The molecule has 0 spiro atoms. The molecular formula is C20H23NO4S. The van der Waals surface area contributed by atoms with Gasteiger partial charge in [0.2, 0.25) is 10.0 Å². The second kappa shape index (κ2) is 6.59. The van der Waals surface area contributed by atoms with E-state index in [1.165, 1.54) is 15.4 Å². The quantitative estimate of drug-likeness (QED) is 0.809. The summed E-state index contributed by atoms with van der Waals surface area (Å²) in [5.74, 6) is 1.88. The first-order valence-corrected chi connectivity index (χ1v) is 10.4. The number of nitrogens with zero attached hydrogens (tertiary/aromatic N) is 1. The average molecular weight is 373 g/mol. The van der Waals surface area contributed by atoms with Crippen LogP contribution in [0.4, 0.5) is 0 Å². The maximum absolute atomic E-state index is 12.8. The van der Waals surface area contributed by atoms with Crippen LogP contribution < -0.4 is 9.47 Å². The normalized spacial score (nSPS) is 15.5. The molecule has 0 saturated heterocycles. The monoisotopic (exact) mass is 373 g/mol. The number of hydrogen-bond donors (Lipinski definition) is 0. The van der Waals surface area contributed by atoms with Gasteiger partial charge in [0.25, 0.3) is 0 Å². The van der Waals surface area contributed by atoms with Crippen LogP contribution in [0.2, 0.25) is 0 Å². The van der Waals surface area contributed by atoms with Crippen LogP contribution in [0.5, 0.6) is 11.5 Å². The van der Waals surface area contributed by atoms with Crippen molar-refractivity contribution >= 4 is 10.0 Å². The topological polar surface area (TPSA) is 55.8 Å². The molecule has 0 atom stereocenters. The summed E-state index contributed by atoms with van der Waals surface area (Å²) in [6, 6.07) is 9.11. The Balaban J connectivity index is 1.58. The molecule has 0 radical (unpaired) electrons. The highest BCUT2D eigenvalue weighted by Gasteiger charge is 2.28. The van der Waals surface area contributed by atoms with E-state index >= 15 is 0 Å². The van der Waals surface area contributed by atoms with Gasteiger partial charge >= 0.3 is 0 Å². The summed E-state index contributed by atoms with van der Waals surface area (Å²) in [4.78, 5) is 0.336. The molecule has 0 unspecified atom stereocenters. The van der Waals surface area contributed by atoms with Gasteiger partial charge < -0.3 is 9.47 Å². The van der Waals surface area contributed by atoms with E-state index in [-0.39, 0.29) is 0 Å². The average Bonchev–Trinajstić information content (AvgIpc) is 3.27. The van der Waals surface area contributed by atoms with E-state index in [4.69, 9.17) is 9.47 Å². The Morgan fingerprint density at radius 3 is 2.73 bits per heavy atom. The van der Waals surface area contributed by atoms with Gasteiger partial charge in [0.1, 0.15) is 11.5 Å². The number of benzene rings is 2. The van der Waals surface area contributed by atoms with E-state index < -0.39 is 10.0 Å². The molecule has 6 heteroatoms. The van der Waals surface area contributed by atoms with Gasteiger partial charge in [0.15, 0.2) is 0 Å². The minimum Gasteiger partial charge on any atom is -0.493 e. The Morgan fingerprint density at radius 1 is 1.12 bits per heavy atom. The highest BCUT2D eigenvalue weighted by molar-refractivity contribution is 7.89. The van der Waals surface area contributed by atoms with Crippen molar-refractivity contribution in [1.82, 2.24) is 4.31 Å². The fourth-order valence-corrected chi connectivity index (χ4v) is 4.97. The molecule has 2 heterocycles. The molecule has 0 N–H and O–H groups in total. The first-order valence-electron chi connectivity index (χ1n) is 8.93. The minimum atomic E-state index is -3.50. The molecule has 2 aromatic rings. The highest BCUT2D eigenvalue weighted by Crippen LogP contribution is 2.40. The molecule has 5 nitrogen and oxygen atoms in total. The summed E-state index contributed by atoms with van der Waals surface area (Å²) < 4.78 is 38.7. The number of ether oxygens (including phenoxy) is 2. The van der Waals surface area contributed by atoms with Gasteiger partial charge in [-0.25, -0.2) is 12.7 Å². The van der Waals surface area contributed by atoms with Gasteiger partial charge in [0, 0.05) is 43.1 Å². The zero-order valence-corrected chi connectivity index (χ0v) is 15.9. The van der Waals surface area contributed by atoms with Crippen molar-refractivity contribution in [2.24, 2.45) is 0 Å². The van der Waals surface area contributed by atoms with Crippen molar-refractivity contribution in [2.45, 2.75) is 31.1 Å². The summed E-state index contributed by atoms with van der Waals surface area (Å²) in [5, 5.41) is 0. The van der Waals surface area contributed by atoms with E-state index in [0.717, 1.165) is 35.5 Å². The second-order valence-corrected chi connectivity index (χ2v) is 8.95. The van der Waals surface area contributed by atoms with Crippen LogP contribution in [0.3, 0.4) is 0 Å². The Kier molecular flexibility index (Phi) is 4.40. The third-order valence-electron chi connectivity index (χ3n) is 5.13. The van der Waals surface area contributed by atoms with Crippen molar-refractivity contribution in [1.29, 1.82) is 0 Å². The first kappa shape index (κ1) is 17.4. The molecule has 0 fully saturated rings. The van der Waals surface area contributed by atoms with Gasteiger partial charge in [-0.2, -0.15) is 0 Å². The molecular weight excluding hydrogens is 350 g/mol. The lowest BCUT2D eigenvalue weighted by Gasteiger charge is -2.19. The molecule has 0 saturated carbocycles. The van der Waals surface area contributed by atoms with Crippen LogP contribution in [0.25, 0.3) is 0 Å². The summed E-state index contributed by atoms with van der Waals surface area (Å²) in [5.41, 5.74) is 4.39. The number of hydrogen-bond acceptors (Lipinski definition) is 4. The lowest BCUT2D eigenvalue weighted by atomic mass is 9.97. The zero-order valence-electron chi connectivity index (χ0n) is 15.1. The molecule has 2 aliphatic rings. The minimum absolute atomic E-state index is 0.336. The Bertz CT molecular complexity index is 920. The standard InChI is InChI=1S/C20H23NO4S/c1-14-4-3-5-16(12-14)26(22,23)21(2)9-6-18-17-8-11-24-19(17)13-15-7-10-25-20(15)18/h3-5,12-13H,6-11H2,1-2H3. The lowest BCUT2D eigenvalue weighted by molar-refractivity contribution is 0.351. The summed E-state index contributed by atoms with van der Waals surface area (Å²) >= 11 is 0. The van der Waals surface area contributed by atoms with Gasteiger partial charge in [-0.1, -0.05) is 12.1 Å². The molecule has 0 amide bonds. The summed E-state index contributed by atoms with van der Waals surface area (Å²) in [6.45, 7) is 3.67. The predicted molar refractivity (Wildman–Crippen MR) is 99.5 cm³/mol. The van der Waals surface area contributed by atoms with Gasteiger partial charge in [-0.3, -0.25) is 0 Å². The smallest absolute Gasteiger partial charge is 0.242 e. The van der Waals surface area contributed by atoms with Crippen molar-refractivity contribution in [3.05, 3.63) is 52.6 Å². The van der Waals surface area contributed by atoms with E-state index in [2.05, 4.69) is 6.07 Å². The molecule has 0 bridgehead atoms. The van der Waals surface area contributed by atoms with Crippen LogP contribution in [0.1, 0.15) is 22.3 Å². The number of fused-ring (bicyclic) bond motifs is 2. The Morgan fingerprint density at radius 2 is 1.92 bits per heavy atom. The highest BCUT2D eigenvalue weighted by atomic mass is 32.2. The Labute approximate surface area is 154 Å². The molecule has 0 aliphatic carbocycles. The van der Waals surface area contributed by atoms with Crippen molar-refractivity contribution in [3.63, 3.8) is 0 Å². The SMILES string of the molecule is Cc1cccc(S(=O)(=O)N(C)CCc2c3c(cc4c2OCC4)OCC3)c1. The number of likely N-dealkylation sites (N-methyl/N-ethyl adjacent to an activating group) is 1. The second-order valence-electron chi connectivity index (χ2n) is 6.91. The Hall–Kier alpha value is -2.05. The van der Waals surface area contributed by atoms with Crippen LogP contribution in [-0.4, -0.2) is 39.5 Å². The summed E-state index contributed by atoms with van der Waals surface area (Å²) in [6.07, 6.45) is 2.36. The van der Waals surface area contributed by atoms with Crippen LogP contribution in [0, 0.1) is 6.92 Å². The van der Waals surface area contributed by atoms with Crippen molar-refractivity contribution in [2.75, 3.05) is 26.8 Å². The molecule has 2 aromatic carbocycles. The molecule has 2 aliphatic heterocycles. The van der Waals surface area contributed by atoms with Crippen molar-refractivity contribution < 1.29 is 17.9 Å². The van der Waals surface area contributed by atoms with Crippen LogP contribution in [0.15, 0.2) is 35.2 Å². The van der Waals surface area contributed by atoms with Crippen LogP contribution in [-0.2, 0) is 29.3 Å². The van der Waals surface area contributed by atoms with E-state index in [0.29, 0.717) is 31.1 Å². The van der Waals surface area contributed by atoms with Crippen LogP contribution >= 0.6 is 0 Å². The largest absolute Gasteiger partial charge is 0.493 e. The summed E-state index contributed by atoms with van der Waals surface area (Å²) in [7, 11) is -1.86. The maximum Gasteiger partial charge on any atom is 0.242 e. The molecule has 0 aromatic heterocycles. The maximum atomic E-state index is 12.8. The third-order valence-corrected chi connectivity index (χ3v) is 6.99. The van der Waals surface area contributed by atoms with E-state index in [1.54, 1.807) is 25.2 Å². The molecule has 138 valence electrons. The number of rotatable bonds is 5. The van der Waals surface area contributed by atoms with Gasteiger partial charge in [-0.15, -0.1) is 0 Å². The van der Waals surface area contributed by atoms with E-state index in [1.807, 2.05) is 13.0 Å².